The zero-order valence-electron chi connectivity index (χ0n) is 34.3. The highest BCUT2D eigenvalue weighted by molar-refractivity contribution is 5.73. The molecule has 0 bridgehead atoms. The van der Waals surface area contributed by atoms with E-state index in [0.29, 0.717) is 0 Å². The average molecular weight is 756 g/mol. The lowest BCUT2D eigenvalue weighted by molar-refractivity contribution is -0.302. The van der Waals surface area contributed by atoms with Crippen LogP contribution in [0.2, 0.25) is 0 Å². The molecule has 53 heavy (non-hydrogen) atoms. The molecule has 0 aromatic carbocycles. The van der Waals surface area contributed by atoms with E-state index in [0.717, 1.165) is 19.3 Å². The molecular formula is C44H85NO8. The number of amides is 1. The van der Waals surface area contributed by atoms with Gasteiger partial charge in [-0.2, -0.15) is 0 Å². The smallest absolute Gasteiger partial charge is 0.217 e. The number of nitrogens with one attached hydrogen (secondary N) is 1. The lowest BCUT2D eigenvalue weighted by atomic mass is 9.99. The summed E-state index contributed by atoms with van der Waals surface area (Å²) in [6, 6.07) is -0.801. The number of hydrogen-bond acceptors (Lipinski definition) is 8. The zero-order valence-corrected chi connectivity index (χ0v) is 34.3. The topological polar surface area (TPSA) is 149 Å². The Morgan fingerprint density at radius 1 is 0.623 bits per heavy atom. The number of allylic oxidation sites excluding steroid dienone is 1. The third kappa shape index (κ3) is 27.2. The average Bonchev–Trinajstić information content (AvgIpc) is 3.15. The highest BCUT2D eigenvalue weighted by atomic mass is 16.7. The fourth-order valence-electron chi connectivity index (χ4n) is 7.37. The van der Waals surface area contributed by atoms with Crippen molar-refractivity contribution in [1.29, 1.82) is 0 Å². The molecule has 9 heteroatoms. The number of aliphatic hydroxyl groups is 5. The highest BCUT2D eigenvalue weighted by Crippen LogP contribution is 2.23. The highest BCUT2D eigenvalue weighted by Gasteiger charge is 2.44. The van der Waals surface area contributed by atoms with Crippen molar-refractivity contribution in [3.8, 4) is 0 Å². The van der Waals surface area contributed by atoms with E-state index in [-0.39, 0.29) is 12.5 Å². The van der Waals surface area contributed by atoms with Crippen LogP contribution in [-0.2, 0) is 14.3 Å². The third-order valence-electron chi connectivity index (χ3n) is 10.9. The molecule has 9 nitrogen and oxygen atoms in total. The summed E-state index contributed by atoms with van der Waals surface area (Å²) in [6.45, 7) is 2.86. The van der Waals surface area contributed by atoms with Crippen LogP contribution in [-0.4, -0.2) is 87.5 Å². The van der Waals surface area contributed by atoms with Gasteiger partial charge in [0.05, 0.1) is 25.4 Å². The minimum Gasteiger partial charge on any atom is -0.394 e. The fourth-order valence-corrected chi connectivity index (χ4v) is 7.37. The molecule has 0 spiro atoms. The van der Waals surface area contributed by atoms with Crippen molar-refractivity contribution >= 4 is 5.91 Å². The Labute approximate surface area is 325 Å². The van der Waals surface area contributed by atoms with Crippen LogP contribution < -0.4 is 5.32 Å². The van der Waals surface area contributed by atoms with Crippen LogP contribution in [0, 0.1) is 0 Å². The van der Waals surface area contributed by atoms with Crippen LogP contribution >= 0.6 is 0 Å². The van der Waals surface area contributed by atoms with Crippen LogP contribution in [0.15, 0.2) is 12.2 Å². The van der Waals surface area contributed by atoms with Crippen molar-refractivity contribution in [3.05, 3.63) is 12.2 Å². The lowest BCUT2D eigenvalue weighted by Gasteiger charge is -2.40. The van der Waals surface area contributed by atoms with Crippen molar-refractivity contribution in [2.24, 2.45) is 0 Å². The van der Waals surface area contributed by atoms with Gasteiger partial charge >= 0.3 is 0 Å². The van der Waals surface area contributed by atoms with Gasteiger partial charge in [0.1, 0.15) is 24.4 Å². The number of rotatable bonds is 37. The van der Waals surface area contributed by atoms with Crippen molar-refractivity contribution < 1.29 is 39.8 Å². The lowest BCUT2D eigenvalue weighted by Crippen LogP contribution is -2.60. The Balaban J connectivity index is 1.90. The molecule has 7 atom stereocenters. The molecule has 1 aliphatic rings. The second-order valence-electron chi connectivity index (χ2n) is 15.9. The van der Waals surface area contributed by atoms with Crippen LogP contribution in [0.4, 0.5) is 0 Å². The summed E-state index contributed by atoms with van der Waals surface area (Å²) < 4.78 is 10.9. The van der Waals surface area contributed by atoms with E-state index in [1.54, 1.807) is 6.08 Å². The number of unbranched alkanes of at least 4 members (excludes halogenated alkanes) is 29. The van der Waals surface area contributed by atoms with Crippen LogP contribution in [0.5, 0.6) is 0 Å². The van der Waals surface area contributed by atoms with Gasteiger partial charge in [-0.15, -0.1) is 0 Å². The first-order chi connectivity index (χ1) is 25.8. The van der Waals surface area contributed by atoms with Crippen molar-refractivity contribution in [3.63, 3.8) is 0 Å². The fraction of sp³-hybridized carbons (Fsp3) is 0.932. The number of carbonyl (C=O) groups excluding carboxylic acids is 1. The van der Waals surface area contributed by atoms with E-state index in [1.807, 2.05) is 6.08 Å². The maximum absolute atomic E-state index is 11.7. The quantitative estimate of drug-likeness (QED) is 0.0272. The number of hydrogen-bond donors (Lipinski definition) is 6. The molecule has 7 unspecified atom stereocenters. The molecule has 1 rings (SSSR count). The molecule has 0 radical (unpaired) electrons. The summed E-state index contributed by atoms with van der Waals surface area (Å²) in [6.07, 6.45) is 36.5. The molecule has 1 aliphatic heterocycles. The van der Waals surface area contributed by atoms with Gasteiger partial charge in [0.25, 0.3) is 0 Å². The van der Waals surface area contributed by atoms with Crippen LogP contribution in [0.1, 0.15) is 206 Å². The molecule has 1 amide bonds. The monoisotopic (exact) mass is 756 g/mol. The Morgan fingerprint density at radius 3 is 1.36 bits per heavy atom. The van der Waals surface area contributed by atoms with Crippen LogP contribution in [0.25, 0.3) is 0 Å². The summed E-state index contributed by atoms with van der Waals surface area (Å²) in [5.41, 5.74) is 0. The predicted octanol–water partition coefficient (Wildman–Crippen LogP) is 8.95. The van der Waals surface area contributed by atoms with E-state index in [9.17, 15) is 30.3 Å². The maximum Gasteiger partial charge on any atom is 0.217 e. The van der Waals surface area contributed by atoms with Gasteiger partial charge < -0.3 is 40.3 Å². The molecule has 0 aromatic heterocycles. The number of ether oxygens (including phenoxy) is 2. The molecule has 1 fully saturated rings. The standard InChI is InChI=1S/C44H85NO8/c1-3-4-5-6-7-8-9-10-11-12-13-14-15-16-17-18-19-20-21-22-23-24-25-26-27-28-29-30-31-32-33-34-39(48)38(45-37(2)47)36-52-44-43(51)42(50)41(49)40(35-46)53-44/h33-34,38-44,46,48-51H,3-32,35-36H2,1-2H3,(H,45,47)/b34-33+. The Morgan fingerprint density at radius 2 is 1.00 bits per heavy atom. The molecule has 0 aliphatic carbocycles. The molecule has 6 N–H and O–H groups in total. The van der Waals surface area contributed by atoms with E-state index >= 15 is 0 Å². The van der Waals surface area contributed by atoms with Gasteiger partial charge in [0.15, 0.2) is 6.29 Å². The first kappa shape index (κ1) is 49.9. The Bertz CT molecular complexity index is 842. The summed E-state index contributed by atoms with van der Waals surface area (Å²) >= 11 is 0. The van der Waals surface area contributed by atoms with E-state index in [4.69, 9.17) is 9.47 Å². The zero-order chi connectivity index (χ0) is 38.8. The SMILES string of the molecule is CCCCCCCCCCCCCCCCCCCCCCCCCCCCCCC/C=C/C(O)C(COC1OC(CO)C(O)C(O)C1O)NC(C)=O. The molecular weight excluding hydrogens is 670 g/mol. The second-order valence-corrected chi connectivity index (χ2v) is 15.9. The van der Waals surface area contributed by atoms with Crippen molar-refractivity contribution in [2.45, 2.75) is 249 Å². The van der Waals surface area contributed by atoms with Gasteiger partial charge in [0.2, 0.25) is 5.91 Å². The molecule has 314 valence electrons. The molecule has 0 aromatic rings. The van der Waals surface area contributed by atoms with Crippen molar-refractivity contribution in [2.75, 3.05) is 13.2 Å². The summed E-state index contributed by atoms with van der Waals surface area (Å²) in [4.78, 5) is 11.7. The Hall–Kier alpha value is -1.07. The first-order valence-electron chi connectivity index (χ1n) is 22.4. The summed E-state index contributed by atoms with van der Waals surface area (Å²) in [5.74, 6) is -0.351. The minimum atomic E-state index is -1.56. The van der Waals surface area contributed by atoms with Crippen molar-refractivity contribution in [1.82, 2.24) is 5.32 Å². The van der Waals surface area contributed by atoms with E-state index in [1.165, 1.54) is 180 Å². The van der Waals surface area contributed by atoms with Gasteiger partial charge in [0, 0.05) is 6.92 Å². The normalized spacial score (nSPS) is 21.7. The first-order valence-corrected chi connectivity index (χ1v) is 22.4. The van der Waals surface area contributed by atoms with Crippen LogP contribution in [0.3, 0.4) is 0 Å². The number of carbonyl (C=O) groups is 1. The molecule has 1 saturated heterocycles. The molecule has 0 saturated carbocycles. The van der Waals surface area contributed by atoms with E-state index < -0.39 is 49.5 Å². The van der Waals surface area contributed by atoms with Gasteiger partial charge in [-0.05, 0) is 12.8 Å². The van der Waals surface area contributed by atoms with Gasteiger partial charge in [-0.3, -0.25) is 4.79 Å². The summed E-state index contributed by atoms with van der Waals surface area (Å²) in [5, 5.41) is 52.7. The second kappa shape index (κ2) is 35.4. The van der Waals surface area contributed by atoms with E-state index in [2.05, 4.69) is 12.2 Å². The predicted molar refractivity (Wildman–Crippen MR) is 217 cm³/mol. The maximum atomic E-state index is 11.7. The van der Waals surface area contributed by atoms with Gasteiger partial charge in [-0.1, -0.05) is 199 Å². The largest absolute Gasteiger partial charge is 0.394 e. The third-order valence-corrected chi connectivity index (χ3v) is 10.9. The van der Waals surface area contributed by atoms with Gasteiger partial charge in [-0.25, -0.2) is 0 Å². The molecule has 1 heterocycles. The number of aliphatic hydroxyl groups excluding tert-OH is 5. The minimum absolute atomic E-state index is 0.201. The Kier molecular flexibility index (Phi) is 33.3. The summed E-state index contributed by atoms with van der Waals surface area (Å²) in [7, 11) is 0.